The van der Waals surface area contributed by atoms with Gasteiger partial charge in [0, 0.05) is 13.1 Å². The molecular weight excluding hydrogens is 276 g/mol. The van der Waals surface area contributed by atoms with Gasteiger partial charge >= 0.3 is 5.69 Å². The largest absolute Gasteiger partial charge is 0.343 e. The lowest BCUT2D eigenvalue weighted by atomic mass is 9.94. The fourth-order valence-electron chi connectivity index (χ4n) is 4.23. The Bertz CT molecular complexity index is 699. The minimum Gasteiger partial charge on any atom is -0.306 e. The highest BCUT2D eigenvalue weighted by molar-refractivity contribution is 5.30. The molecule has 2 atom stereocenters. The lowest BCUT2D eigenvalue weighted by Crippen LogP contribution is -2.37. The molecule has 0 saturated heterocycles. The van der Waals surface area contributed by atoms with E-state index in [9.17, 15) is 4.79 Å². The van der Waals surface area contributed by atoms with Crippen LogP contribution in [0.4, 0.5) is 0 Å². The van der Waals surface area contributed by atoms with Crippen molar-refractivity contribution >= 4 is 0 Å². The van der Waals surface area contributed by atoms with Gasteiger partial charge in [0.25, 0.3) is 0 Å². The van der Waals surface area contributed by atoms with Crippen molar-refractivity contribution in [1.29, 1.82) is 0 Å². The summed E-state index contributed by atoms with van der Waals surface area (Å²) in [5.74, 6) is 2.13. The molecule has 0 unspecified atom stereocenters. The Morgan fingerprint density at radius 1 is 1.23 bits per heavy atom. The van der Waals surface area contributed by atoms with Crippen LogP contribution in [0.25, 0.3) is 0 Å². The van der Waals surface area contributed by atoms with E-state index in [4.69, 9.17) is 0 Å². The van der Waals surface area contributed by atoms with Crippen LogP contribution >= 0.6 is 0 Å². The number of H-pyrrole nitrogens is 1. The van der Waals surface area contributed by atoms with Crippen LogP contribution in [0.5, 0.6) is 0 Å². The maximum Gasteiger partial charge on any atom is 0.343 e. The maximum absolute atomic E-state index is 11.5. The van der Waals surface area contributed by atoms with Crippen molar-refractivity contribution in [3.8, 4) is 0 Å². The number of aromatic nitrogens is 3. The molecule has 1 aromatic heterocycles. The van der Waals surface area contributed by atoms with Crippen LogP contribution in [0.2, 0.25) is 0 Å². The van der Waals surface area contributed by atoms with Gasteiger partial charge in [-0.15, -0.1) is 0 Å². The topological polar surface area (TPSA) is 62.7 Å². The highest BCUT2D eigenvalue weighted by Crippen LogP contribution is 2.40. The number of nitrogens with zero attached hydrogens (tertiary/aromatic N) is 2. The molecule has 2 aromatic rings. The lowest BCUT2D eigenvalue weighted by molar-refractivity contribution is 0.337. The molecule has 0 spiro atoms. The van der Waals surface area contributed by atoms with Crippen LogP contribution in [-0.2, 0) is 26.4 Å². The predicted octanol–water partition coefficient (Wildman–Crippen LogP) is 1.39. The predicted molar refractivity (Wildman–Crippen MR) is 84.5 cm³/mol. The third-order valence-corrected chi connectivity index (χ3v) is 5.33. The van der Waals surface area contributed by atoms with Gasteiger partial charge in [0.15, 0.2) is 0 Å². The SMILES string of the molecule is Cn1nc(CNC2[C@H]3CC[C@H]2Cc2ccccc2C3)[nH]c1=O. The summed E-state index contributed by atoms with van der Waals surface area (Å²) in [4.78, 5) is 14.3. The van der Waals surface area contributed by atoms with Crippen molar-refractivity contribution in [3.05, 3.63) is 51.7 Å². The van der Waals surface area contributed by atoms with Gasteiger partial charge < -0.3 is 5.32 Å². The number of aryl methyl sites for hydroxylation is 1. The number of hydrogen-bond donors (Lipinski definition) is 2. The van der Waals surface area contributed by atoms with Gasteiger partial charge in [0.2, 0.25) is 0 Å². The van der Waals surface area contributed by atoms with E-state index in [0.29, 0.717) is 24.4 Å². The summed E-state index contributed by atoms with van der Waals surface area (Å²) in [5.41, 5.74) is 2.90. The van der Waals surface area contributed by atoms with Gasteiger partial charge in [-0.05, 0) is 48.6 Å². The molecule has 0 radical (unpaired) electrons. The van der Waals surface area contributed by atoms with Gasteiger partial charge in [0.1, 0.15) is 5.82 Å². The van der Waals surface area contributed by atoms with Crippen LogP contribution < -0.4 is 11.0 Å². The summed E-state index contributed by atoms with van der Waals surface area (Å²) in [5, 5.41) is 7.88. The number of nitrogens with one attached hydrogen (secondary N) is 2. The van der Waals surface area contributed by atoms with Gasteiger partial charge in [-0.2, -0.15) is 5.10 Å². The van der Waals surface area contributed by atoms with Gasteiger partial charge in [-0.3, -0.25) is 4.98 Å². The van der Waals surface area contributed by atoms with Crippen molar-refractivity contribution in [2.24, 2.45) is 18.9 Å². The highest BCUT2D eigenvalue weighted by Gasteiger charge is 2.38. The molecule has 5 nitrogen and oxygen atoms in total. The second-order valence-electron chi connectivity index (χ2n) is 6.68. The third kappa shape index (κ3) is 2.39. The fourth-order valence-corrected chi connectivity index (χ4v) is 4.23. The summed E-state index contributed by atoms with van der Waals surface area (Å²) in [6, 6.07) is 9.39. The molecule has 22 heavy (non-hydrogen) atoms. The Balaban J connectivity index is 1.50. The van der Waals surface area contributed by atoms with Crippen molar-refractivity contribution in [2.45, 2.75) is 38.3 Å². The molecule has 2 aliphatic rings. The Morgan fingerprint density at radius 2 is 1.86 bits per heavy atom. The zero-order valence-corrected chi connectivity index (χ0v) is 12.9. The molecule has 1 fully saturated rings. The van der Waals surface area contributed by atoms with Crippen LogP contribution in [0.3, 0.4) is 0 Å². The molecule has 5 heteroatoms. The molecule has 2 N–H and O–H groups in total. The number of fused-ring (bicyclic) bond motifs is 3. The normalized spacial score (nSPS) is 26.7. The Labute approximate surface area is 129 Å². The molecule has 0 amide bonds. The van der Waals surface area contributed by atoms with E-state index in [-0.39, 0.29) is 5.69 Å². The summed E-state index contributed by atoms with van der Waals surface area (Å²) in [7, 11) is 1.67. The molecule has 0 aliphatic heterocycles. The third-order valence-electron chi connectivity index (χ3n) is 5.33. The van der Waals surface area contributed by atoms with Crippen molar-refractivity contribution < 1.29 is 0 Å². The first-order valence-corrected chi connectivity index (χ1v) is 8.13. The van der Waals surface area contributed by atoms with Crippen LogP contribution in [0, 0.1) is 11.8 Å². The van der Waals surface area contributed by atoms with E-state index in [0.717, 1.165) is 5.82 Å². The Morgan fingerprint density at radius 3 is 2.41 bits per heavy atom. The second-order valence-corrected chi connectivity index (χ2v) is 6.68. The lowest BCUT2D eigenvalue weighted by Gasteiger charge is -2.23. The first kappa shape index (κ1) is 13.8. The number of hydrogen-bond acceptors (Lipinski definition) is 3. The summed E-state index contributed by atoms with van der Waals surface area (Å²) in [6.45, 7) is 0.643. The summed E-state index contributed by atoms with van der Waals surface area (Å²) >= 11 is 0. The van der Waals surface area contributed by atoms with E-state index < -0.39 is 0 Å². The number of rotatable bonds is 3. The molecule has 2 aliphatic carbocycles. The standard InChI is InChI=1S/C17H22N4O/c1-21-17(22)19-15(20-21)10-18-16-13-6-7-14(16)9-12-5-3-2-4-11(12)8-13/h2-5,13-14,16,18H,6-10H2,1H3,(H,19,20,22)/t13-,14-/m0/s1. The molecule has 1 heterocycles. The van der Waals surface area contributed by atoms with Crippen molar-refractivity contribution in [1.82, 2.24) is 20.1 Å². The van der Waals surface area contributed by atoms with Gasteiger partial charge in [-0.25, -0.2) is 9.48 Å². The van der Waals surface area contributed by atoms with E-state index in [1.165, 1.54) is 41.5 Å². The minimum atomic E-state index is -0.145. The smallest absolute Gasteiger partial charge is 0.306 e. The first-order chi connectivity index (χ1) is 10.7. The molecule has 2 bridgehead atoms. The van der Waals surface area contributed by atoms with E-state index in [2.05, 4.69) is 39.7 Å². The molecule has 1 aromatic carbocycles. The number of aromatic amines is 1. The summed E-state index contributed by atoms with van der Waals surface area (Å²) in [6.07, 6.45) is 4.94. The Hall–Kier alpha value is -1.88. The average molecular weight is 298 g/mol. The average Bonchev–Trinajstić information content (AvgIpc) is 2.96. The fraction of sp³-hybridized carbons (Fsp3) is 0.529. The molecule has 116 valence electrons. The van der Waals surface area contributed by atoms with E-state index in [1.54, 1.807) is 7.05 Å². The zero-order valence-electron chi connectivity index (χ0n) is 12.9. The van der Waals surface area contributed by atoms with Crippen LogP contribution in [-0.4, -0.2) is 20.8 Å². The molecule has 1 saturated carbocycles. The quantitative estimate of drug-likeness (QED) is 0.900. The van der Waals surface area contributed by atoms with E-state index in [1.807, 2.05) is 0 Å². The summed E-state index contributed by atoms with van der Waals surface area (Å²) < 4.78 is 1.36. The Kier molecular flexibility index (Phi) is 3.37. The van der Waals surface area contributed by atoms with Crippen LogP contribution in [0.1, 0.15) is 29.8 Å². The van der Waals surface area contributed by atoms with Gasteiger partial charge in [0.05, 0.1) is 6.54 Å². The maximum atomic E-state index is 11.5. The number of benzene rings is 1. The molecule has 4 rings (SSSR count). The zero-order chi connectivity index (χ0) is 15.1. The van der Waals surface area contributed by atoms with Crippen molar-refractivity contribution in [3.63, 3.8) is 0 Å². The van der Waals surface area contributed by atoms with Gasteiger partial charge in [-0.1, -0.05) is 24.3 Å². The second kappa shape index (κ2) is 5.39. The van der Waals surface area contributed by atoms with E-state index >= 15 is 0 Å². The van der Waals surface area contributed by atoms with Crippen LogP contribution in [0.15, 0.2) is 29.1 Å². The molecular formula is C17H22N4O. The monoisotopic (exact) mass is 298 g/mol. The highest BCUT2D eigenvalue weighted by atomic mass is 16.1. The first-order valence-electron chi connectivity index (χ1n) is 8.13. The van der Waals surface area contributed by atoms with Crippen molar-refractivity contribution in [2.75, 3.05) is 0 Å². The minimum absolute atomic E-state index is 0.145.